The first-order valence-electron chi connectivity index (χ1n) is 9.48. The molecule has 2 unspecified atom stereocenters. The fourth-order valence-corrected chi connectivity index (χ4v) is 3.92. The van der Waals surface area contributed by atoms with Gasteiger partial charge in [0, 0.05) is 5.92 Å². The molecule has 2 heterocycles. The van der Waals surface area contributed by atoms with Gasteiger partial charge in [0.05, 0.1) is 43.4 Å². The second-order valence-electron chi connectivity index (χ2n) is 8.41. The van der Waals surface area contributed by atoms with Gasteiger partial charge in [0.1, 0.15) is 11.4 Å². The Balaban J connectivity index is 1.76. The minimum absolute atomic E-state index is 0.0383. The molecule has 2 aliphatic heterocycles. The van der Waals surface area contributed by atoms with Crippen molar-refractivity contribution < 1.29 is 23.5 Å². The van der Waals surface area contributed by atoms with Gasteiger partial charge in [0.15, 0.2) is 5.78 Å². The molecule has 0 saturated carbocycles. The number of nitriles is 1. The fourth-order valence-electron chi connectivity index (χ4n) is 3.92. The molecule has 3 rings (SSSR count). The summed E-state index contributed by atoms with van der Waals surface area (Å²) in [7, 11) is 0. The van der Waals surface area contributed by atoms with Crippen molar-refractivity contribution in [1.82, 2.24) is 4.90 Å². The third-order valence-electron chi connectivity index (χ3n) is 5.08. The molecule has 7 heteroatoms. The topological polar surface area (TPSA) is 79.6 Å². The smallest absolute Gasteiger partial charge is 0.410 e. The summed E-state index contributed by atoms with van der Waals surface area (Å²) >= 11 is 0. The van der Waals surface area contributed by atoms with Crippen molar-refractivity contribution in [3.63, 3.8) is 0 Å². The average molecular weight is 388 g/mol. The lowest BCUT2D eigenvalue weighted by molar-refractivity contribution is -0.0861. The number of hydrogen-bond acceptors (Lipinski definition) is 5. The summed E-state index contributed by atoms with van der Waals surface area (Å²) in [4.78, 5) is 27.2. The van der Waals surface area contributed by atoms with Crippen LogP contribution in [-0.2, 0) is 15.9 Å². The van der Waals surface area contributed by atoms with Crippen LogP contribution >= 0.6 is 0 Å². The number of nitrogens with zero attached hydrogens (tertiary/aromatic N) is 2. The van der Waals surface area contributed by atoms with Crippen LogP contribution in [-0.4, -0.2) is 47.7 Å². The molecule has 1 aromatic carbocycles. The lowest BCUT2D eigenvalue weighted by Gasteiger charge is -2.47. The van der Waals surface area contributed by atoms with Crippen molar-refractivity contribution in [2.75, 3.05) is 13.2 Å². The van der Waals surface area contributed by atoms with Gasteiger partial charge in [-0.25, -0.2) is 9.18 Å². The molecular formula is C21H25FN2O4. The normalized spacial score (nSPS) is 24.4. The van der Waals surface area contributed by atoms with Gasteiger partial charge >= 0.3 is 6.09 Å². The molecule has 0 spiro atoms. The zero-order valence-corrected chi connectivity index (χ0v) is 16.4. The minimum atomic E-state index is -0.604. The van der Waals surface area contributed by atoms with Crippen molar-refractivity contribution in [2.24, 2.45) is 5.92 Å². The Morgan fingerprint density at radius 1 is 1.29 bits per heavy atom. The van der Waals surface area contributed by atoms with Gasteiger partial charge in [0.2, 0.25) is 0 Å². The summed E-state index contributed by atoms with van der Waals surface area (Å²) in [6, 6.07) is 5.75. The highest BCUT2D eigenvalue weighted by Crippen LogP contribution is 2.35. The molecule has 1 amide bonds. The first kappa shape index (κ1) is 20.3. The van der Waals surface area contributed by atoms with Crippen molar-refractivity contribution in [3.8, 4) is 6.07 Å². The quantitative estimate of drug-likeness (QED) is 0.741. The maximum absolute atomic E-state index is 14.4. The Labute approximate surface area is 164 Å². The van der Waals surface area contributed by atoms with Crippen molar-refractivity contribution in [2.45, 2.75) is 57.7 Å². The predicted octanol–water partition coefficient (Wildman–Crippen LogP) is 3.49. The predicted molar refractivity (Wildman–Crippen MR) is 99.2 cm³/mol. The number of amides is 1. The second kappa shape index (κ2) is 7.88. The number of Topliss-reactive ketones (excluding diaryl/α,β-unsaturated/α-hetero) is 1. The fraction of sp³-hybridized carbons (Fsp3) is 0.571. The van der Waals surface area contributed by atoms with Crippen LogP contribution in [0.3, 0.4) is 0 Å². The van der Waals surface area contributed by atoms with Gasteiger partial charge in [-0.15, -0.1) is 0 Å². The monoisotopic (exact) mass is 388 g/mol. The van der Waals surface area contributed by atoms with Crippen molar-refractivity contribution in [1.29, 1.82) is 5.26 Å². The van der Waals surface area contributed by atoms with E-state index in [2.05, 4.69) is 0 Å². The van der Waals surface area contributed by atoms with E-state index in [1.54, 1.807) is 11.0 Å². The Morgan fingerprint density at radius 3 is 2.46 bits per heavy atom. The van der Waals surface area contributed by atoms with Gasteiger partial charge < -0.3 is 9.47 Å². The zero-order chi connectivity index (χ0) is 20.5. The molecule has 0 N–H and O–H groups in total. The summed E-state index contributed by atoms with van der Waals surface area (Å²) in [5, 5.41) is 8.73. The number of benzene rings is 1. The summed E-state index contributed by atoms with van der Waals surface area (Å²) in [5.41, 5.74) is -0.0225. The van der Waals surface area contributed by atoms with Crippen molar-refractivity contribution >= 4 is 11.9 Å². The molecule has 0 aromatic heterocycles. The van der Waals surface area contributed by atoms with Gasteiger partial charge in [-0.3, -0.25) is 9.69 Å². The maximum Gasteiger partial charge on any atom is 0.410 e. The second-order valence-corrected chi connectivity index (χ2v) is 8.41. The van der Waals surface area contributed by atoms with Crippen LogP contribution < -0.4 is 0 Å². The Hall–Kier alpha value is -2.46. The molecule has 2 fully saturated rings. The molecule has 2 atom stereocenters. The SMILES string of the molecule is CC(C)(C)OC(=O)N1C2COCC1CC(C(=O)c1ccc(CC#N)cc1F)C2. The highest BCUT2D eigenvalue weighted by Gasteiger charge is 2.45. The Morgan fingerprint density at radius 2 is 1.93 bits per heavy atom. The third kappa shape index (κ3) is 4.33. The largest absolute Gasteiger partial charge is 0.444 e. The Kier molecular flexibility index (Phi) is 5.71. The Bertz CT molecular complexity index is 798. The standard InChI is InChI=1S/C21H25FN2O4/c1-21(2,3)28-20(26)24-15-9-14(10-16(24)12-27-11-15)19(25)17-5-4-13(6-7-23)8-18(17)22/h4-5,8,14-16H,6,9-12H2,1-3H3. The number of ketones is 1. The van der Waals surface area contributed by atoms with E-state index in [9.17, 15) is 14.0 Å². The van der Waals surface area contributed by atoms with Gasteiger partial charge in [0.25, 0.3) is 0 Å². The van der Waals surface area contributed by atoms with E-state index in [1.807, 2.05) is 26.8 Å². The van der Waals surface area contributed by atoms with Gasteiger partial charge in [-0.05, 0) is 51.3 Å². The lowest BCUT2D eigenvalue weighted by atomic mass is 9.80. The molecule has 2 saturated heterocycles. The molecule has 2 aliphatic rings. The van der Waals surface area contributed by atoms with E-state index >= 15 is 0 Å². The number of halogens is 1. The van der Waals surface area contributed by atoms with Crippen LogP contribution in [0.1, 0.15) is 49.5 Å². The van der Waals surface area contributed by atoms with E-state index in [-0.39, 0.29) is 35.8 Å². The van der Waals surface area contributed by atoms with Crippen molar-refractivity contribution in [3.05, 3.63) is 35.1 Å². The molecule has 150 valence electrons. The van der Waals surface area contributed by atoms with Crippen LogP contribution in [0.4, 0.5) is 9.18 Å². The number of carbonyl (C=O) groups excluding carboxylic acids is 2. The number of fused-ring (bicyclic) bond motifs is 2. The average Bonchev–Trinajstić information content (AvgIpc) is 2.59. The molecule has 2 bridgehead atoms. The highest BCUT2D eigenvalue weighted by atomic mass is 19.1. The van der Waals surface area contributed by atoms with E-state index in [1.165, 1.54) is 12.1 Å². The van der Waals surface area contributed by atoms with E-state index in [0.29, 0.717) is 31.6 Å². The first-order chi connectivity index (χ1) is 13.2. The van der Waals surface area contributed by atoms with E-state index in [4.69, 9.17) is 14.7 Å². The molecular weight excluding hydrogens is 363 g/mol. The summed E-state index contributed by atoms with van der Waals surface area (Å²) in [6.45, 7) is 6.11. The number of carbonyl (C=O) groups is 2. The number of ether oxygens (including phenoxy) is 2. The van der Waals surface area contributed by atoms with E-state index < -0.39 is 17.5 Å². The number of piperidine rings is 1. The highest BCUT2D eigenvalue weighted by molar-refractivity contribution is 5.98. The summed E-state index contributed by atoms with van der Waals surface area (Å²) in [6.07, 6.45) is 0.520. The number of morpholine rings is 1. The molecule has 0 radical (unpaired) electrons. The summed E-state index contributed by atoms with van der Waals surface area (Å²) in [5.74, 6) is -1.25. The van der Waals surface area contributed by atoms with Gasteiger partial charge in [-0.1, -0.05) is 6.07 Å². The lowest BCUT2D eigenvalue weighted by Crippen LogP contribution is -2.60. The van der Waals surface area contributed by atoms with Crippen LogP contribution in [0.15, 0.2) is 18.2 Å². The third-order valence-corrected chi connectivity index (χ3v) is 5.08. The first-order valence-corrected chi connectivity index (χ1v) is 9.48. The number of rotatable bonds is 3. The molecule has 1 aromatic rings. The zero-order valence-electron chi connectivity index (χ0n) is 16.4. The van der Waals surface area contributed by atoms with Gasteiger partial charge in [-0.2, -0.15) is 5.26 Å². The number of hydrogen-bond donors (Lipinski definition) is 0. The molecule has 28 heavy (non-hydrogen) atoms. The van der Waals surface area contributed by atoms with E-state index in [0.717, 1.165) is 0 Å². The van der Waals surface area contributed by atoms with Crippen LogP contribution in [0, 0.1) is 23.1 Å². The summed E-state index contributed by atoms with van der Waals surface area (Å²) < 4.78 is 25.5. The van der Waals surface area contributed by atoms with Crippen LogP contribution in [0.25, 0.3) is 0 Å². The van der Waals surface area contributed by atoms with Crippen LogP contribution in [0.5, 0.6) is 0 Å². The van der Waals surface area contributed by atoms with Crippen LogP contribution in [0.2, 0.25) is 0 Å². The minimum Gasteiger partial charge on any atom is -0.444 e. The maximum atomic E-state index is 14.4. The molecule has 0 aliphatic carbocycles. The molecule has 6 nitrogen and oxygen atoms in total.